The Balaban J connectivity index is 1.50. The van der Waals surface area contributed by atoms with Gasteiger partial charge >= 0.3 is 0 Å². The van der Waals surface area contributed by atoms with Crippen LogP contribution in [-0.2, 0) is 26.0 Å². The Bertz CT molecular complexity index is 1680. The van der Waals surface area contributed by atoms with E-state index in [0.29, 0.717) is 0 Å². The highest BCUT2D eigenvalue weighted by atomic mass is 17.5. The molecule has 0 aliphatic heterocycles. The molecule has 6 rings (SSSR count). The Morgan fingerprint density at radius 1 is 0.415 bits per heavy atom. The molecule has 4 aromatic rings. The molecule has 0 saturated carbocycles. The standard InChI is InChI=1S/C46H54N4O3/c1-47(2)43(48(3)4)33-29-41(30-34-43)45(37-21-13-9-14-22-37,38-23-15-10-16-24-38)51-53-52-46(39-25-17-11-18-26-39,40-27-19-12-20-28-40)42-31-35-44(36-32-42,49(5)6)50(7)8/h9-33,35H,34,36H2,1-8H3. The van der Waals surface area contributed by atoms with Crippen LogP contribution in [0.25, 0.3) is 0 Å². The lowest BCUT2D eigenvalue weighted by Crippen LogP contribution is -2.54. The Hall–Kier alpha value is -4.44. The fourth-order valence-corrected chi connectivity index (χ4v) is 7.99. The number of hydrogen-bond acceptors (Lipinski definition) is 7. The van der Waals surface area contributed by atoms with Crippen LogP contribution in [-0.4, -0.2) is 87.3 Å². The number of benzene rings is 4. The highest BCUT2D eigenvalue weighted by molar-refractivity contribution is 5.52. The molecule has 0 unspecified atom stereocenters. The Labute approximate surface area is 316 Å². The summed E-state index contributed by atoms with van der Waals surface area (Å²) in [7, 11) is 16.9. The Morgan fingerprint density at radius 3 is 0.887 bits per heavy atom. The molecule has 0 spiro atoms. The number of nitrogens with zero attached hydrogens (tertiary/aromatic N) is 4. The van der Waals surface area contributed by atoms with E-state index in [1.165, 1.54) is 0 Å². The van der Waals surface area contributed by atoms with Gasteiger partial charge < -0.3 is 0 Å². The van der Waals surface area contributed by atoms with E-state index >= 15 is 0 Å². The summed E-state index contributed by atoms with van der Waals surface area (Å²) >= 11 is 0. The van der Waals surface area contributed by atoms with Gasteiger partial charge in [-0.2, -0.15) is 9.78 Å². The summed E-state index contributed by atoms with van der Waals surface area (Å²) < 4.78 is 0. The zero-order valence-corrected chi connectivity index (χ0v) is 32.4. The molecule has 0 aromatic heterocycles. The molecule has 0 N–H and O–H groups in total. The zero-order valence-electron chi connectivity index (χ0n) is 32.4. The van der Waals surface area contributed by atoms with Crippen LogP contribution >= 0.6 is 0 Å². The second kappa shape index (κ2) is 15.9. The van der Waals surface area contributed by atoms with Crippen molar-refractivity contribution in [2.75, 3.05) is 56.4 Å². The minimum Gasteiger partial charge on any atom is -0.288 e. The van der Waals surface area contributed by atoms with Gasteiger partial charge in [0.1, 0.15) is 0 Å². The summed E-state index contributed by atoms with van der Waals surface area (Å²) in [5.74, 6) is 0. The second-order valence-corrected chi connectivity index (χ2v) is 14.8. The highest BCUT2D eigenvalue weighted by Gasteiger charge is 2.47. The first-order valence-corrected chi connectivity index (χ1v) is 18.3. The lowest BCUT2D eigenvalue weighted by molar-refractivity contribution is -0.560. The maximum Gasteiger partial charge on any atom is 0.181 e. The third-order valence-corrected chi connectivity index (χ3v) is 11.3. The Morgan fingerprint density at radius 2 is 0.679 bits per heavy atom. The van der Waals surface area contributed by atoms with Gasteiger partial charge in [0.15, 0.2) is 11.2 Å². The minimum atomic E-state index is -1.18. The molecule has 0 heterocycles. The molecule has 7 nitrogen and oxygen atoms in total. The van der Waals surface area contributed by atoms with Crippen molar-refractivity contribution in [1.82, 2.24) is 19.6 Å². The van der Waals surface area contributed by atoms with Crippen molar-refractivity contribution in [3.63, 3.8) is 0 Å². The van der Waals surface area contributed by atoms with E-state index < -0.39 is 11.2 Å². The number of likely N-dealkylation sites (N-methyl/N-ethyl adjacent to an activating group) is 4. The van der Waals surface area contributed by atoms with E-state index in [1.807, 2.05) is 72.8 Å². The monoisotopic (exact) mass is 710 g/mol. The fraction of sp³-hybridized carbons (Fsp3) is 0.304. The van der Waals surface area contributed by atoms with Crippen LogP contribution in [0.4, 0.5) is 0 Å². The summed E-state index contributed by atoms with van der Waals surface area (Å²) in [4.78, 5) is 22.8. The molecule has 0 fully saturated rings. The van der Waals surface area contributed by atoms with E-state index in [-0.39, 0.29) is 11.3 Å². The lowest BCUT2D eigenvalue weighted by Gasteiger charge is -2.46. The highest BCUT2D eigenvalue weighted by Crippen LogP contribution is 2.48. The summed E-state index contributed by atoms with van der Waals surface area (Å²) in [5.41, 5.74) is 2.59. The van der Waals surface area contributed by atoms with Crippen LogP contribution in [0.2, 0.25) is 0 Å². The van der Waals surface area contributed by atoms with Crippen molar-refractivity contribution in [2.45, 2.75) is 35.4 Å². The van der Waals surface area contributed by atoms with E-state index in [1.54, 1.807) is 0 Å². The van der Waals surface area contributed by atoms with Gasteiger partial charge in [0.25, 0.3) is 0 Å². The summed E-state index contributed by atoms with van der Waals surface area (Å²) in [5, 5.41) is 6.39. The normalized spacial score (nSPS) is 17.1. The first-order chi connectivity index (χ1) is 25.5. The van der Waals surface area contributed by atoms with Gasteiger partial charge in [-0.3, -0.25) is 19.6 Å². The minimum absolute atomic E-state index is 0.302. The predicted octanol–water partition coefficient (Wildman–Crippen LogP) is 8.17. The van der Waals surface area contributed by atoms with Crippen molar-refractivity contribution < 1.29 is 14.8 Å². The van der Waals surface area contributed by atoms with E-state index in [4.69, 9.17) is 14.8 Å². The number of rotatable bonds is 14. The third-order valence-electron chi connectivity index (χ3n) is 11.3. The average Bonchev–Trinajstić information content (AvgIpc) is 3.19. The van der Waals surface area contributed by atoms with Gasteiger partial charge in [-0.15, -0.1) is 0 Å². The fourth-order valence-electron chi connectivity index (χ4n) is 7.99. The topological polar surface area (TPSA) is 40.7 Å². The molecular formula is C46H54N4O3. The van der Waals surface area contributed by atoms with Crippen LogP contribution in [0.1, 0.15) is 35.1 Å². The summed E-state index contributed by atoms with van der Waals surface area (Å²) in [6.07, 6.45) is 14.8. The molecule has 0 bridgehead atoms. The zero-order chi connectivity index (χ0) is 37.7. The molecule has 276 valence electrons. The smallest absolute Gasteiger partial charge is 0.181 e. The van der Waals surface area contributed by atoms with Gasteiger partial charge in [-0.05, 0) is 102 Å². The first-order valence-electron chi connectivity index (χ1n) is 18.3. The molecule has 0 saturated heterocycles. The maximum absolute atomic E-state index is 6.90. The van der Waals surface area contributed by atoms with Crippen molar-refractivity contribution in [2.24, 2.45) is 0 Å². The van der Waals surface area contributed by atoms with E-state index in [2.05, 4.69) is 161 Å². The van der Waals surface area contributed by atoms with Crippen LogP contribution in [0.5, 0.6) is 0 Å². The van der Waals surface area contributed by atoms with Crippen molar-refractivity contribution in [1.29, 1.82) is 0 Å². The quantitative estimate of drug-likeness (QED) is 0.0743. The first kappa shape index (κ1) is 38.3. The molecule has 7 heteroatoms. The van der Waals surface area contributed by atoms with Crippen molar-refractivity contribution >= 4 is 0 Å². The van der Waals surface area contributed by atoms with Gasteiger partial charge in [0.2, 0.25) is 0 Å². The largest absolute Gasteiger partial charge is 0.288 e. The molecule has 0 radical (unpaired) electrons. The predicted molar refractivity (Wildman–Crippen MR) is 214 cm³/mol. The van der Waals surface area contributed by atoms with Crippen molar-refractivity contribution in [3.05, 3.63) is 191 Å². The molecule has 4 aromatic carbocycles. The van der Waals surface area contributed by atoms with E-state index in [9.17, 15) is 0 Å². The van der Waals surface area contributed by atoms with Crippen molar-refractivity contribution in [3.8, 4) is 0 Å². The number of hydrogen-bond donors (Lipinski definition) is 0. The Kier molecular flexibility index (Phi) is 11.5. The average molecular weight is 711 g/mol. The van der Waals surface area contributed by atoms with Gasteiger partial charge in [0.05, 0.1) is 11.3 Å². The van der Waals surface area contributed by atoms with Gasteiger partial charge in [-0.25, -0.2) is 0 Å². The molecule has 53 heavy (non-hydrogen) atoms. The summed E-state index contributed by atoms with van der Waals surface area (Å²) in [6, 6.07) is 41.0. The summed E-state index contributed by atoms with van der Waals surface area (Å²) in [6.45, 7) is 0. The second-order valence-electron chi connectivity index (χ2n) is 14.8. The lowest BCUT2D eigenvalue weighted by atomic mass is 9.76. The molecule has 0 atom stereocenters. The van der Waals surface area contributed by atoms with Crippen LogP contribution in [0, 0.1) is 0 Å². The molecule has 2 aliphatic rings. The van der Waals surface area contributed by atoms with Gasteiger partial charge in [0, 0.05) is 12.8 Å². The van der Waals surface area contributed by atoms with Crippen LogP contribution in [0.3, 0.4) is 0 Å². The molecule has 2 aliphatic carbocycles. The maximum atomic E-state index is 6.90. The SMILES string of the molecule is CN(C)C1(N(C)C)C=CC(C(OOOC(C2=CCC(N(C)C)(N(C)C)C=C2)(c2ccccc2)c2ccccc2)(c2ccccc2)c2ccccc2)=CC1. The van der Waals surface area contributed by atoms with Gasteiger partial charge in [-0.1, -0.05) is 151 Å². The molecular weight excluding hydrogens is 657 g/mol. The van der Waals surface area contributed by atoms with Crippen LogP contribution < -0.4 is 0 Å². The van der Waals surface area contributed by atoms with Crippen LogP contribution in [0.15, 0.2) is 169 Å². The third kappa shape index (κ3) is 6.91. The molecule has 0 amide bonds. The van der Waals surface area contributed by atoms with E-state index in [0.717, 1.165) is 46.2 Å².